The van der Waals surface area contributed by atoms with Crippen molar-refractivity contribution in [1.82, 2.24) is 15.1 Å². The van der Waals surface area contributed by atoms with Gasteiger partial charge in [-0.1, -0.05) is 29.8 Å². The van der Waals surface area contributed by atoms with Crippen LogP contribution in [0.15, 0.2) is 35.5 Å². The van der Waals surface area contributed by atoms with E-state index in [2.05, 4.69) is 5.32 Å². The Bertz CT molecular complexity index is 756. The highest BCUT2D eigenvalue weighted by atomic mass is 16.4. The van der Waals surface area contributed by atoms with Crippen LogP contribution in [0.5, 0.6) is 0 Å². The predicted molar refractivity (Wildman–Crippen MR) is 86.1 cm³/mol. The van der Waals surface area contributed by atoms with Crippen LogP contribution in [-0.2, 0) is 9.59 Å². The zero-order chi connectivity index (χ0) is 17.4. The number of rotatable bonds is 4. The monoisotopic (exact) mass is 329 g/mol. The maximum absolute atomic E-state index is 12.8. The summed E-state index contributed by atoms with van der Waals surface area (Å²) in [6.07, 6.45) is -0.119. The molecule has 24 heavy (non-hydrogen) atoms. The summed E-state index contributed by atoms with van der Waals surface area (Å²) in [5.41, 5.74) is 3.04. The first kappa shape index (κ1) is 16.0. The molecule has 0 spiro atoms. The lowest BCUT2D eigenvalue weighted by molar-refractivity contribution is -0.137. The van der Waals surface area contributed by atoms with Gasteiger partial charge in [0.2, 0.25) is 0 Å². The zero-order valence-electron chi connectivity index (χ0n) is 13.6. The van der Waals surface area contributed by atoms with Crippen molar-refractivity contribution < 1.29 is 19.5 Å². The Labute approximate surface area is 139 Å². The number of nitrogens with zero attached hydrogens (tertiary/aromatic N) is 2. The molecule has 126 valence electrons. The van der Waals surface area contributed by atoms with Crippen molar-refractivity contribution in [2.45, 2.75) is 19.4 Å². The van der Waals surface area contributed by atoms with Crippen LogP contribution in [-0.4, -0.2) is 53.0 Å². The average molecular weight is 329 g/mol. The molecule has 2 aliphatic heterocycles. The molecule has 1 aromatic rings. The second-order valence-corrected chi connectivity index (χ2v) is 6.09. The highest BCUT2D eigenvalue weighted by molar-refractivity contribution is 6.01. The van der Waals surface area contributed by atoms with Gasteiger partial charge in [-0.2, -0.15) is 0 Å². The number of aliphatic carboxylic acids is 1. The third-order valence-corrected chi connectivity index (χ3v) is 4.41. The number of hydrogen-bond acceptors (Lipinski definition) is 3. The minimum Gasteiger partial charge on any atom is -0.481 e. The number of carbonyl (C=O) groups excluding carboxylic acids is 2. The number of carboxylic acid groups (broad SMARTS) is 1. The minimum absolute atomic E-state index is 0.119. The molecular weight excluding hydrogens is 310 g/mol. The van der Waals surface area contributed by atoms with E-state index in [4.69, 9.17) is 5.11 Å². The highest BCUT2D eigenvalue weighted by Gasteiger charge is 2.42. The summed E-state index contributed by atoms with van der Waals surface area (Å²) in [7, 11) is 1.62. The lowest BCUT2D eigenvalue weighted by Crippen LogP contribution is -2.45. The smallest absolute Gasteiger partial charge is 0.322 e. The quantitative estimate of drug-likeness (QED) is 0.870. The summed E-state index contributed by atoms with van der Waals surface area (Å²) in [5.74, 6) is -1.17. The van der Waals surface area contributed by atoms with E-state index in [9.17, 15) is 14.4 Å². The number of hydrogen-bond donors (Lipinski definition) is 2. The first-order valence-corrected chi connectivity index (χ1v) is 7.73. The summed E-state index contributed by atoms with van der Waals surface area (Å²) in [5, 5.41) is 11.7. The Hall–Kier alpha value is -2.83. The summed E-state index contributed by atoms with van der Waals surface area (Å²) < 4.78 is 0. The molecule has 7 nitrogen and oxygen atoms in total. The van der Waals surface area contributed by atoms with Gasteiger partial charge >= 0.3 is 12.0 Å². The van der Waals surface area contributed by atoms with Crippen LogP contribution in [0.1, 0.15) is 23.6 Å². The van der Waals surface area contributed by atoms with Gasteiger partial charge in [0.1, 0.15) is 0 Å². The number of urea groups is 1. The van der Waals surface area contributed by atoms with Crippen molar-refractivity contribution in [3.05, 3.63) is 46.7 Å². The van der Waals surface area contributed by atoms with E-state index in [0.717, 1.165) is 11.1 Å². The van der Waals surface area contributed by atoms with E-state index >= 15 is 0 Å². The summed E-state index contributed by atoms with van der Waals surface area (Å²) in [6, 6.07) is 6.87. The van der Waals surface area contributed by atoms with Crippen LogP contribution in [0.3, 0.4) is 0 Å². The first-order valence-electron chi connectivity index (χ1n) is 7.73. The number of nitrogens with one attached hydrogen (secondary N) is 1. The van der Waals surface area contributed by atoms with Gasteiger partial charge in [0.15, 0.2) is 0 Å². The molecule has 2 N–H and O–H groups in total. The second-order valence-electron chi connectivity index (χ2n) is 6.09. The Kier molecular flexibility index (Phi) is 4.01. The topological polar surface area (TPSA) is 90.0 Å². The normalized spacial score (nSPS) is 20.3. The summed E-state index contributed by atoms with van der Waals surface area (Å²) in [6.45, 7) is 2.34. The fraction of sp³-hybridized carbons (Fsp3) is 0.353. The van der Waals surface area contributed by atoms with Gasteiger partial charge in [-0.3, -0.25) is 14.5 Å². The van der Waals surface area contributed by atoms with E-state index in [0.29, 0.717) is 11.3 Å². The lowest BCUT2D eigenvalue weighted by atomic mass is 9.95. The van der Waals surface area contributed by atoms with E-state index in [1.54, 1.807) is 7.05 Å². The molecule has 2 aliphatic rings. The molecule has 0 bridgehead atoms. The molecule has 0 aromatic heterocycles. The van der Waals surface area contributed by atoms with Gasteiger partial charge in [0, 0.05) is 13.6 Å². The number of likely N-dealkylation sites (N-methyl/N-ethyl adjacent to an activating group) is 1. The summed E-state index contributed by atoms with van der Waals surface area (Å²) in [4.78, 5) is 38.7. The minimum atomic E-state index is -0.953. The molecule has 7 heteroatoms. The number of benzene rings is 1. The Morgan fingerprint density at radius 2 is 2.12 bits per heavy atom. The van der Waals surface area contributed by atoms with Gasteiger partial charge in [0.25, 0.3) is 5.91 Å². The second kappa shape index (κ2) is 5.99. The molecule has 3 rings (SSSR count). The molecule has 0 saturated heterocycles. The van der Waals surface area contributed by atoms with Crippen LogP contribution < -0.4 is 5.32 Å². The molecule has 1 atom stereocenters. The molecule has 2 heterocycles. The van der Waals surface area contributed by atoms with Gasteiger partial charge in [-0.05, 0) is 12.5 Å². The van der Waals surface area contributed by atoms with E-state index in [1.807, 2.05) is 31.2 Å². The van der Waals surface area contributed by atoms with Crippen LogP contribution in [0.2, 0.25) is 0 Å². The Morgan fingerprint density at radius 1 is 1.38 bits per heavy atom. The number of aryl methyl sites for hydroxylation is 1. The van der Waals surface area contributed by atoms with Gasteiger partial charge < -0.3 is 15.3 Å². The lowest BCUT2D eigenvalue weighted by Gasteiger charge is -2.31. The maximum Gasteiger partial charge on any atom is 0.322 e. The third kappa shape index (κ3) is 2.73. The molecule has 1 unspecified atom stereocenters. The van der Waals surface area contributed by atoms with E-state index in [1.165, 1.54) is 9.80 Å². The number of carbonyl (C=O) groups is 3. The van der Waals surface area contributed by atoms with Crippen molar-refractivity contribution in [2.75, 3.05) is 20.1 Å². The summed E-state index contributed by atoms with van der Waals surface area (Å²) >= 11 is 0. The molecule has 3 amide bonds. The van der Waals surface area contributed by atoms with Crippen molar-refractivity contribution in [1.29, 1.82) is 0 Å². The van der Waals surface area contributed by atoms with Gasteiger partial charge in [-0.25, -0.2) is 4.79 Å². The van der Waals surface area contributed by atoms with E-state index in [-0.39, 0.29) is 31.4 Å². The van der Waals surface area contributed by atoms with Crippen LogP contribution in [0.25, 0.3) is 0 Å². The van der Waals surface area contributed by atoms with E-state index < -0.39 is 12.0 Å². The number of carboxylic acids is 1. The maximum atomic E-state index is 12.8. The largest absolute Gasteiger partial charge is 0.481 e. The third-order valence-electron chi connectivity index (χ3n) is 4.41. The van der Waals surface area contributed by atoms with Crippen molar-refractivity contribution in [3.8, 4) is 0 Å². The number of amides is 3. The molecule has 0 aliphatic carbocycles. The zero-order valence-corrected chi connectivity index (χ0v) is 13.6. The van der Waals surface area contributed by atoms with Crippen molar-refractivity contribution in [2.24, 2.45) is 0 Å². The van der Waals surface area contributed by atoms with Crippen molar-refractivity contribution in [3.63, 3.8) is 0 Å². The van der Waals surface area contributed by atoms with Crippen LogP contribution in [0, 0.1) is 6.92 Å². The highest BCUT2D eigenvalue weighted by Crippen LogP contribution is 2.35. The van der Waals surface area contributed by atoms with Gasteiger partial charge in [0.05, 0.1) is 30.3 Å². The molecule has 0 saturated carbocycles. The van der Waals surface area contributed by atoms with Crippen molar-refractivity contribution >= 4 is 17.9 Å². The predicted octanol–water partition coefficient (Wildman–Crippen LogP) is 1.26. The standard InChI is InChI=1S/C17H19N3O4/c1-10-4-3-5-11(8-10)15-14-12(19(2)17(24)18-15)9-20(16(14)23)7-6-13(21)22/h3-5,8,15H,6-7,9H2,1-2H3,(H,18,24)(H,21,22). The SMILES string of the molecule is Cc1cccc(C2NC(=O)N(C)C3=C2C(=O)N(CCC(=O)O)C3)c1. The molecule has 0 fully saturated rings. The average Bonchev–Trinajstić information content (AvgIpc) is 2.86. The fourth-order valence-electron chi connectivity index (χ4n) is 3.13. The Morgan fingerprint density at radius 3 is 2.79 bits per heavy atom. The molecule has 1 aromatic carbocycles. The Balaban J connectivity index is 1.95. The van der Waals surface area contributed by atoms with Crippen LogP contribution >= 0.6 is 0 Å². The fourth-order valence-corrected chi connectivity index (χ4v) is 3.13. The molecular formula is C17H19N3O4. The first-order chi connectivity index (χ1) is 11.4. The molecule has 0 radical (unpaired) electrons. The van der Waals surface area contributed by atoms with Crippen LogP contribution in [0.4, 0.5) is 4.79 Å². The van der Waals surface area contributed by atoms with Gasteiger partial charge in [-0.15, -0.1) is 0 Å².